The van der Waals surface area contributed by atoms with Gasteiger partial charge in [0, 0.05) is 30.3 Å². The number of rotatable bonds is 6. The fourth-order valence-corrected chi connectivity index (χ4v) is 4.17. The van der Waals surface area contributed by atoms with E-state index in [1.54, 1.807) is 12.3 Å². The van der Waals surface area contributed by atoms with Crippen molar-refractivity contribution >= 4 is 41.7 Å². The Labute approximate surface area is 187 Å². The summed E-state index contributed by atoms with van der Waals surface area (Å²) in [6, 6.07) is 11.3. The molecule has 9 heteroatoms. The summed E-state index contributed by atoms with van der Waals surface area (Å²) in [5.74, 6) is 0.403. The molecule has 0 saturated heterocycles. The van der Waals surface area contributed by atoms with Crippen LogP contribution in [0, 0.1) is 0 Å². The predicted octanol–water partition coefficient (Wildman–Crippen LogP) is 5.43. The zero-order valence-corrected chi connectivity index (χ0v) is 20.1. The fourth-order valence-electron chi connectivity index (χ4n) is 2.96. The molecular weight excluding hydrogens is 430 g/mol. The molecule has 0 aliphatic rings. The molecule has 0 bridgehead atoms. The zero-order chi connectivity index (χ0) is 22.2. The second-order valence-electron chi connectivity index (χ2n) is 9.05. The van der Waals surface area contributed by atoms with Crippen molar-refractivity contribution in [2.24, 2.45) is 0 Å². The van der Waals surface area contributed by atoms with E-state index >= 15 is 0 Å². The number of pyridine rings is 2. The number of fused-ring (bicyclic) bond motifs is 2. The number of hydrogen-bond acceptors (Lipinski definition) is 6. The lowest BCUT2D eigenvalue weighted by Crippen LogP contribution is -2.41. The molecule has 0 unspecified atom stereocenters. The normalized spacial score (nSPS) is 12.6. The smallest absolute Gasteiger partial charge is 0.257 e. The van der Waals surface area contributed by atoms with Gasteiger partial charge in [-0.1, -0.05) is 49.3 Å². The summed E-state index contributed by atoms with van der Waals surface area (Å²) in [6.45, 7) is 11.8. The molecule has 0 aliphatic heterocycles. The van der Waals surface area contributed by atoms with Crippen molar-refractivity contribution in [3.63, 3.8) is 0 Å². The molecule has 1 aromatic carbocycles. The molecule has 4 rings (SSSR count). The minimum Gasteiger partial charge on any atom is -0.416 e. The summed E-state index contributed by atoms with van der Waals surface area (Å²) in [5, 5.41) is 10.4. The lowest BCUT2D eigenvalue weighted by atomic mass is 10.1. The van der Waals surface area contributed by atoms with Gasteiger partial charge in [0.25, 0.3) is 5.88 Å². The molecule has 0 radical (unpaired) electrons. The van der Waals surface area contributed by atoms with Gasteiger partial charge in [-0.25, -0.2) is 9.97 Å². The van der Waals surface area contributed by atoms with Gasteiger partial charge in [0.2, 0.25) is 0 Å². The molecule has 4 aromatic rings. The number of aromatic nitrogens is 5. The van der Waals surface area contributed by atoms with Gasteiger partial charge in [-0.2, -0.15) is 0 Å². The highest BCUT2D eigenvalue weighted by atomic mass is 35.5. The first-order valence-electron chi connectivity index (χ1n) is 10.2. The SMILES string of the molecule is CC(C)(C)[Si](C)(C)OCCc1cc2cnc(Cl)cc2c(On2nnc3ccccc32)n1. The van der Waals surface area contributed by atoms with Crippen molar-refractivity contribution < 1.29 is 9.26 Å². The summed E-state index contributed by atoms with van der Waals surface area (Å²) < 4.78 is 6.33. The molecule has 162 valence electrons. The van der Waals surface area contributed by atoms with Crippen LogP contribution in [-0.2, 0) is 10.8 Å². The molecule has 0 aliphatic carbocycles. The average molecular weight is 456 g/mol. The average Bonchev–Trinajstić information content (AvgIpc) is 3.10. The number of halogens is 1. The number of hydrogen-bond donors (Lipinski definition) is 0. The molecule has 0 N–H and O–H groups in total. The fraction of sp³-hybridized carbons (Fsp3) is 0.364. The highest BCUT2D eigenvalue weighted by molar-refractivity contribution is 6.74. The Morgan fingerprint density at radius 3 is 2.68 bits per heavy atom. The van der Waals surface area contributed by atoms with Gasteiger partial charge in [-0.05, 0) is 47.6 Å². The van der Waals surface area contributed by atoms with Crippen molar-refractivity contribution in [3.05, 3.63) is 53.4 Å². The van der Waals surface area contributed by atoms with Gasteiger partial charge >= 0.3 is 0 Å². The van der Waals surface area contributed by atoms with Crippen LogP contribution < -0.4 is 4.84 Å². The molecule has 0 spiro atoms. The molecule has 3 aromatic heterocycles. The van der Waals surface area contributed by atoms with Crippen LogP contribution in [0.15, 0.2) is 42.6 Å². The molecule has 0 amide bonds. The topological polar surface area (TPSA) is 75.0 Å². The summed E-state index contributed by atoms with van der Waals surface area (Å²) in [4.78, 5) is 16.4. The first kappa shape index (κ1) is 21.7. The molecule has 0 fully saturated rings. The van der Waals surface area contributed by atoms with Crippen LogP contribution in [0.4, 0.5) is 0 Å². The van der Waals surface area contributed by atoms with Crippen LogP contribution in [0.2, 0.25) is 23.3 Å². The molecule has 7 nitrogen and oxygen atoms in total. The van der Waals surface area contributed by atoms with Crippen molar-refractivity contribution in [2.75, 3.05) is 6.61 Å². The number of benzene rings is 1. The zero-order valence-electron chi connectivity index (χ0n) is 18.4. The second kappa shape index (κ2) is 8.18. The van der Waals surface area contributed by atoms with E-state index in [1.807, 2.05) is 30.3 Å². The van der Waals surface area contributed by atoms with Gasteiger partial charge in [-0.3, -0.25) is 0 Å². The van der Waals surface area contributed by atoms with Crippen LogP contribution in [-0.4, -0.2) is 40.0 Å². The van der Waals surface area contributed by atoms with E-state index in [1.165, 1.54) is 4.85 Å². The van der Waals surface area contributed by atoms with Crippen LogP contribution in [0.1, 0.15) is 26.5 Å². The highest BCUT2D eigenvalue weighted by Gasteiger charge is 2.36. The first-order valence-corrected chi connectivity index (χ1v) is 13.5. The van der Waals surface area contributed by atoms with Crippen molar-refractivity contribution in [1.29, 1.82) is 0 Å². The molecule has 0 saturated carbocycles. The first-order chi connectivity index (χ1) is 14.6. The Balaban J connectivity index is 1.65. The van der Waals surface area contributed by atoms with Gasteiger partial charge in [0.1, 0.15) is 16.2 Å². The van der Waals surface area contributed by atoms with E-state index in [-0.39, 0.29) is 5.04 Å². The predicted molar refractivity (Wildman–Crippen MR) is 125 cm³/mol. The van der Waals surface area contributed by atoms with E-state index in [2.05, 4.69) is 49.2 Å². The van der Waals surface area contributed by atoms with Gasteiger partial charge in [-0.15, -0.1) is 5.10 Å². The lowest BCUT2D eigenvalue weighted by Gasteiger charge is -2.36. The standard InChI is InChI=1S/C22H26ClN5O2Si/c1-22(2,3)31(4,5)29-11-10-16-12-15-14-24-20(23)13-17(15)21(25-16)30-28-19-9-7-6-8-18(19)26-27-28/h6-9,12-14H,10-11H2,1-5H3. The number of nitrogens with zero attached hydrogens (tertiary/aromatic N) is 5. The minimum absolute atomic E-state index is 0.160. The van der Waals surface area contributed by atoms with E-state index in [0.717, 1.165) is 27.5 Å². The highest BCUT2D eigenvalue weighted by Crippen LogP contribution is 2.36. The maximum Gasteiger partial charge on any atom is 0.257 e. The summed E-state index contributed by atoms with van der Waals surface area (Å²) in [7, 11) is -1.83. The van der Waals surface area contributed by atoms with E-state index in [0.29, 0.717) is 24.1 Å². The Morgan fingerprint density at radius 2 is 1.90 bits per heavy atom. The quantitative estimate of drug-likeness (QED) is 0.285. The Hall–Kier alpha value is -2.55. The van der Waals surface area contributed by atoms with Crippen LogP contribution >= 0.6 is 11.6 Å². The third-order valence-corrected chi connectivity index (χ3v) is 10.6. The monoisotopic (exact) mass is 455 g/mol. The van der Waals surface area contributed by atoms with E-state index in [9.17, 15) is 0 Å². The summed E-state index contributed by atoms with van der Waals surface area (Å²) in [6.07, 6.45) is 2.39. The minimum atomic E-state index is -1.83. The summed E-state index contributed by atoms with van der Waals surface area (Å²) >= 11 is 6.14. The van der Waals surface area contributed by atoms with Crippen molar-refractivity contribution in [3.8, 4) is 5.88 Å². The van der Waals surface area contributed by atoms with Crippen molar-refractivity contribution in [2.45, 2.75) is 45.3 Å². The maximum atomic E-state index is 6.33. The molecular formula is C22H26ClN5O2Si. The van der Waals surface area contributed by atoms with Gasteiger partial charge in [0.05, 0.1) is 5.39 Å². The Bertz CT molecular complexity index is 1240. The largest absolute Gasteiger partial charge is 0.416 e. The van der Waals surface area contributed by atoms with E-state index < -0.39 is 8.32 Å². The lowest BCUT2D eigenvalue weighted by molar-refractivity contribution is 0.178. The van der Waals surface area contributed by atoms with Crippen LogP contribution in [0.25, 0.3) is 21.8 Å². The molecule has 0 atom stereocenters. The second-order valence-corrected chi connectivity index (χ2v) is 14.2. The van der Waals surface area contributed by atoms with Crippen molar-refractivity contribution in [1.82, 2.24) is 25.1 Å². The Morgan fingerprint density at radius 1 is 1.13 bits per heavy atom. The number of para-hydroxylation sites is 1. The van der Waals surface area contributed by atoms with Crippen LogP contribution in [0.5, 0.6) is 5.88 Å². The molecule has 31 heavy (non-hydrogen) atoms. The van der Waals surface area contributed by atoms with E-state index in [4.69, 9.17) is 25.8 Å². The van der Waals surface area contributed by atoms with Gasteiger partial charge in [0.15, 0.2) is 8.32 Å². The molecule has 3 heterocycles. The van der Waals surface area contributed by atoms with Crippen LogP contribution in [0.3, 0.4) is 0 Å². The maximum absolute atomic E-state index is 6.33. The van der Waals surface area contributed by atoms with Gasteiger partial charge < -0.3 is 9.26 Å². The summed E-state index contributed by atoms with van der Waals surface area (Å²) in [5.41, 5.74) is 2.35. The third-order valence-electron chi connectivity index (χ3n) is 5.82. The third kappa shape index (κ3) is 4.56. The Kier molecular flexibility index (Phi) is 5.72.